The maximum Gasteiger partial charge on any atom is 0.268 e. The van der Waals surface area contributed by atoms with Crippen LogP contribution in [0.15, 0.2) is 71.6 Å². The predicted molar refractivity (Wildman–Crippen MR) is 127 cm³/mol. The van der Waals surface area contributed by atoms with E-state index in [1.54, 1.807) is 17.0 Å². The molecule has 0 bridgehead atoms. The highest BCUT2D eigenvalue weighted by Gasteiger charge is 2.32. The van der Waals surface area contributed by atoms with Crippen molar-refractivity contribution in [1.29, 1.82) is 0 Å². The molecule has 0 unspecified atom stereocenters. The second kappa shape index (κ2) is 8.56. The van der Waals surface area contributed by atoms with Crippen LogP contribution < -0.4 is 9.04 Å². The van der Waals surface area contributed by atoms with Crippen LogP contribution in [0.25, 0.3) is 0 Å². The molecule has 0 fully saturated rings. The maximum atomic E-state index is 13.8. The summed E-state index contributed by atoms with van der Waals surface area (Å²) < 4.78 is 34.4. The van der Waals surface area contributed by atoms with Gasteiger partial charge in [0.05, 0.1) is 12.8 Å². The molecule has 6 nitrogen and oxygen atoms in total. The quantitative estimate of drug-likeness (QED) is 0.587. The Morgan fingerprint density at radius 2 is 1.61 bits per heavy atom. The fraction of sp³-hybridized carbons (Fsp3) is 0.269. The van der Waals surface area contributed by atoms with Crippen LogP contribution in [-0.2, 0) is 29.4 Å². The number of amides is 1. The number of para-hydroxylation sites is 1. The molecule has 3 aromatic rings. The number of aryl methyl sites for hydroxylation is 1. The Kier molecular flexibility index (Phi) is 5.58. The van der Waals surface area contributed by atoms with Crippen molar-refractivity contribution in [2.24, 2.45) is 0 Å². The summed E-state index contributed by atoms with van der Waals surface area (Å²) in [4.78, 5) is 15.1. The van der Waals surface area contributed by atoms with Gasteiger partial charge in [-0.3, -0.25) is 9.10 Å². The lowest BCUT2D eigenvalue weighted by atomic mass is 9.99. The molecular weight excluding hydrogens is 436 g/mol. The molecule has 2 aliphatic heterocycles. The first-order valence-corrected chi connectivity index (χ1v) is 12.6. The number of anilines is 1. The third-order valence-electron chi connectivity index (χ3n) is 6.46. The molecule has 2 heterocycles. The topological polar surface area (TPSA) is 66.9 Å². The second-order valence-electron chi connectivity index (χ2n) is 8.42. The van der Waals surface area contributed by atoms with E-state index in [2.05, 4.69) is 6.07 Å². The van der Waals surface area contributed by atoms with Crippen LogP contribution in [0.3, 0.4) is 0 Å². The minimum absolute atomic E-state index is 0.0185. The first-order chi connectivity index (χ1) is 16.0. The highest BCUT2D eigenvalue weighted by Crippen LogP contribution is 2.35. The number of nitrogens with zero attached hydrogens (tertiary/aromatic N) is 2. The number of benzene rings is 3. The van der Waals surface area contributed by atoms with Gasteiger partial charge < -0.3 is 9.64 Å². The molecule has 0 saturated carbocycles. The smallest absolute Gasteiger partial charge is 0.268 e. The number of carbonyl (C=O) groups is 1. The average molecular weight is 463 g/mol. The Hall–Kier alpha value is -3.32. The van der Waals surface area contributed by atoms with Gasteiger partial charge in [0.25, 0.3) is 15.9 Å². The van der Waals surface area contributed by atoms with Gasteiger partial charge in [-0.2, -0.15) is 0 Å². The van der Waals surface area contributed by atoms with Crippen molar-refractivity contribution in [2.45, 2.75) is 30.7 Å². The number of hydrogen-bond acceptors (Lipinski definition) is 4. The van der Waals surface area contributed by atoms with E-state index in [-0.39, 0.29) is 16.6 Å². The molecule has 2 aliphatic rings. The minimum atomic E-state index is -3.92. The second-order valence-corrected chi connectivity index (χ2v) is 10.3. The summed E-state index contributed by atoms with van der Waals surface area (Å²) in [5, 5.41) is 0. The highest BCUT2D eigenvalue weighted by molar-refractivity contribution is 7.93. The minimum Gasteiger partial charge on any atom is -0.495 e. The highest BCUT2D eigenvalue weighted by atomic mass is 32.2. The molecule has 0 aromatic heterocycles. The molecule has 3 aromatic carbocycles. The molecule has 0 radical (unpaired) electrons. The summed E-state index contributed by atoms with van der Waals surface area (Å²) in [6.45, 7) is 1.51. The van der Waals surface area contributed by atoms with Crippen molar-refractivity contribution >= 4 is 21.6 Å². The Morgan fingerprint density at radius 3 is 2.39 bits per heavy atom. The maximum absolute atomic E-state index is 13.8. The molecule has 0 aliphatic carbocycles. The summed E-state index contributed by atoms with van der Waals surface area (Å²) >= 11 is 0. The van der Waals surface area contributed by atoms with E-state index in [1.807, 2.05) is 42.5 Å². The number of methoxy groups -OCH3 is 1. The van der Waals surface area contributed by atoms with Crippen molar-refractivity contribution in [3.05, 3.63) is 89.0 Å². The van der Waals surface area contributed by atoms with Crippen molar-refractivity contribution in [1.82, 2.24) is 4.90 Å². The van der Waals surface area contributed by atoms with Crippen LogP contribution in [0.5, 0.6) is 5.75 Å². The van der Waals surface area contributed by atoms with Crippen molar-refractivity contribution in [2.75, 3.05) is 24.5 Å². The van der Waals surface area contributed by atoms with Crippen molar-refractivity contribution < 1.29 is 17.9 Å². The predicted octanol–water partition coefficient (Wildman–Crippen LogP) is 4.04. The number of carbonyl (C=O) groups excluding carboxylic acids is 1. The normalized spacial score (nSPS) is 15.5. The van der Waals surface area contributed by atoms with Crippen LogP contribution >= 0.6 is 0 Å². The molecular formula is C26H26N2O4S. The summed E-state index contributed by atoms with van der Waals surface area (Å²) in [7, 11) is -2.47. The van der Waals surface area contributed by atoms with E-state index in [0.717, 1.165) is 30.4 Å². The van der Waals surface area contributed by atoms with E-state index in [4.69, 9.17) is 4.74 Å². The fourth-order valence-corrected chi connectivity index (χ4v) is 6.46. The molecule has 33 heavy (non-hydrogen) atoms. The van der Waals surface area contributed by atoms with E-state index >= 15 is 0 Å². The number of fused-ring (bicyclic) bond motifs is 2. The molecule has 0 spiro atoms. The van der Waals surface area contributed by atoms with E-state index in [9.17, 15) is 13.2 Å². The lowest BCUT2D eigenvalue weighted by Crippen LogP contribution is -2.37. The van der Waals surface area contributed by atoms with Gasteiger partial charge in [-0.05, 0) is 60.2 Å². The van der Waals surface area contributed by atoms with Gasteiger partial charge in [0, 0.05) is 25.2 Å². The molecule has 170 valence electrons. The molecule has 5 rings (SSSR count). The zero-order valence-corrected chi connectivity index (χ0v) is 19.3. The van der Waals surface area contributed by atoms with E-state index < -0.39 is 10.0 Å². The SMILES string of the molecule is COc1ccc(C(=O)N2CCc3ccccc3C2)cc1S(=O)(=O)N1CCCc2ccccc21. The number of rotatable bonds is 4. The fourth-order valence-electron chi connectivity index (χ4n) is 4.73. The average Bonchev–Trinajstić information content (AvgIpc) is 2.87. The summed E-state index contributed by atoms with van der Waals surface area (Å²) in [6, 6.07) is 20.4. The van der Waals surface area contributed by atoms with Crippen LogP contribution in [0.1, 0.15) is 33.5 Å². The zero-order chi connectivity index (χ0) is 23.0. The van der Waals surface area contributed by atoms with Crippen LogP contribution in [0, 0.1) is 0 Å². The van der Waals surface area contributed by atoms with Gasteiger partial charge >= 0.3 is 0 Å². The van der Waals surface area contributed by atoms with Crippen LogP contribution in [0.4, 0.5) is 5.69 Å². The van der Waals surface area contributed by atoms with E-state index in [0.29, 0.717) is 30.9 Å². The monoisotopic (exact) mass is 462 g/mol. The van der Waals surface area contributed by atoms with Crippen molar-refractivity contribution in [3.63, 3.8) is 0 Å². The molecule has 0 saturated heterocycles. The molecule has 1 amide bonds. The first kappa shape index (κ1) is 21.5. The Labute approximate surface area is 194 Å². The largest absolute Gasteiger partial charge is 0.495 e. The standard InChI is InChI=1S/C26H26N2O4S/c1-32-24-13-12-21(26(29)27-16-14-19-7-2-3-9-22(19)18-27)17-25(24)33(30,31)28-15-6-10-20-8-4-5-11-23(20)28/h2-5,7-9,11-13,17H,6,10,14-16,18H2,1H3. The zero-order valence-electron chi connectivity index (χ0n) is 18.5. The van der Waals surface area contributed by atoms with E-state index in [1.165, 1.54) is 23.0 Å². The lowest BCUT2D eigenvalue weighted by Gasteiger charge is -2.31. The van der Waals surface area contributed by atoms with Crippen LogP contribution in [0.2, 0.25) is 0 Å². The van der Waals surface area contributed by atoms with Gasteiger partial charge in [0.1, 0.15) is 10.6 Å². The van der Waals surface area contributed by atoms with Gasteiger partial charge in [0.2, 0.25) is 0 Å². The van der Waals surface area contributed by atoms with Gasteiger partial charge in [0.15, 0.2) is 0 Å². The van der Waals surface area contributed by atoms with Gasteiger partial charge in [-0.1, -0.05) is 42.5 Å². The number of sulfonamides is 1. The number of hydrogen-bond donors (Lipinski definition) is 0. The molecule has 0 atom stereocenters. The van der Waals surface area contributed by atoms with Gasteiger partial charge in [-0.15, -0.1) is 0 Å². The number of ether oxygens (including phenoxy) is 1. The van der Waals surface area contributed by atoms with Crippen LogP contribution in [-0.4, -0.2) is 39.4 Å². The third-order valence-corrected chi connectivity index (χ3v) is 8.30. The molecule has 7 heteroatoms. The first-order valence-electron chi connectivity index (χ1n) is 11.1. The Morgan fingerprint density at radius 1 is 0.879 bits per heavy atom. The molecule has 0 N–H and O–H groups in total. The Balaban J connectivity index is 1.50. The lowest BCUT2D eigenvalue weighted by molar-refractivity contribution is 0.0734. The third kappa shape index (κ3) is 3.86. The summed E-state index contributed by atoms with van der Waals surface area (Å²) in [6.07, 6.45) is 2.37. The summed E-state index contributed by atoms with van der Waals surface area (Å²) in [5.41, 5.74) is 4.42. The Bertz CT molecular complexity index is 1320. The van der Waals surface area contributed by atoms with Crippen molar-refractivity contribution in [3.8, 4) is 5.75 Å². The summed E-state index contributed by atoms with van der Waals surface area (Å²) in [5.74, 6) is 0.0567. The van der Waals surface area contributed by atoms with Gasteiger partial charge in [-0.25, -0.2) is 8.42 Å².